The van der Waals surface area contributed by atoms with E-state index in [-0.39, 0.29) is 11.0 Å². The average Bonchev–Trinajstić information content (AvgIpc) is 2.69. The van der Waals surface area contributed by atoms with Gasteiger partial charge in [-0.25, -0.2) is 4.68 Å². The lowest BCUT2D eigenvalue weighted by Crippen LogP contribution is -2.09. The second kappa shape index (κ2) is 5.52. The van der Waals surface area contributed by atoms with Crippen LogP contribution in [0.15, 0.2) is 23.2 Å². The van der Waals surface area contributed by atoms with E-state index in [0.717, 1.165) is 16.4 Å². The quantitative estimate of drug-likeness (QED) is 0.802. The minimum Gasteiger partial charge on any atom is -0.299 e. The molecule has 0 fully saturated rings. The molecule has 0 saturated heterocycles. The van der Waals surface area contributed by atoms with Crippen LogP contribution >= 0.6 is 11.8 Å². The zero-order valence-electron chi connectivity index (χ0n) is 11.4. The molecule has 100 valence electrons. The third-order valence-corrected chi connectivity index (χ3v) is 3.87. The Bertz CT molecular complexity index is 591. The molecule has 5 nitrogen and oxygen atoms in total. The first-order valence-corrected chi connectivity index (χ1v) is 6.90. The minimum absolute atomic E-state index is 0.103. The van der Waals surface area contributed by atoms with Crippen molar-refractivity contribution in [1.82, 2.24) is 20.0 Å². The number of hydrogen-bond donors (Lipinski definition) is 0. The summed E-state index contributed by atoms with van der Waals surface area (Å²) in [4.78, 5) is 11.2. The van der Waals surface area contributed by atoms with Crippen LogP contribution < -0.4 is 0 Å². The fraction of sp³-hybridized carbons (Fsp3) is 0.385. The van der Waals surface area contributed by atoms with Crippen molar-refractivity contribution in [3.8, 4) is 5.82 Å². The zero-order valence-corrected chi connectivity index (χ0v) is 12.2. The second-order valence-corrected chi connectivity index (χ2v) is 5.80. The summed E-state index contributed by atoms with van der Waals surface area (Å²) in [5.74, 6) is 0.819. The van der Waals surface area contributed by atoms with Crippen LogP contribution in [0.3, 0.4) is 0 Å². The predicted octanol–water partition coefficient (Wildman–Crippen LogP) is 2.35. The summed E-state index contributed by atoms with van der Waals surface area (Å²) in [6.07, 6.45) is 0. The molecule has 0 aromatic carbocycles. The molecule has 2 heterocycles. The van der Waals surface area contributed by atoms with Crippen LogP contribution in [0.2, 0.25) is 0 Å². The normalized spacial score (nSPS) is 12.4. The van der Waals surface area contributed by atoms with E-state index in [9.17, 15) is 4.79 Å². The molecule has 0 radical (unpaired) electrons. The number of rotatable bonds is 4. The predicted molar refractivity (Wildman–Crippen MR) is 74.6 cm³/mol. The summed E-state index contributed by atoms with van der Waals surface area (Å²) in [6, 6.07) is 5.71. The Morgan fingerprint density at radius 1 is 1.32 bits per heavy atom. The minimum atomic E-state index is -0.103. The van der Waals surface area contributed by atoms with Crippen molar-refractivity contribution in [2.45, 2.75) is 38.0 Å². The summed E-state index contributed by atoms with van der Waals surface area (Å²) < 4.78 is 1.76. The molecule has 0 saturated carbocycles. The van der Waals surface area contributed by atoms with Crippen molar-refractivity contribution in [2.24, 2.45) is 0 Å². The van der Waals surface area contributed by atoms with Crippen LogP contribution in [-0.4, -0.2) is 31.0 Å². The SMILES string of the molecule is CC(=O)[C@@H](C)Sc1ccc(-n2nc(C)cc2C)nn1. The largest absolute Gasteiger partial charge is 0.299 e. The number of ketones is 1. The first-order chi connectivity index (χ1) is 8.97. The molecular formula is C13H16N4OS. The zero-order chi connectivity index (χ0) is 14.0. The van der Waals surface area contributed by atoms with E-state index < -0.39 is 0 Å². The number of carbonyl (C=O) groups is 1. The molecular weight excluding hydrogens is 260 g/mol. The smallest absolute Gasteiger partial charge is 0.175 e. The van der Waals surface area contributed by atoms with Gasteiger partial charge in [0.05, 0.1) is 10.9 Å². The highest BCUT2D eigenvalue weighted by atomic mass is 32.2. The number of aryl methyl sites for hydroxylation is 2. The Kier molecular flexibility index (Phi) is 3.99. The van der Waals surface area contributed by atoms with E-state index >= 15 is 0 Å². The first-order valence-electron chi connectivity index (χ1n) is 6.02. The molecule has 2 aromatic rings. The lowest BCUT2D eigenvalue weighted by Gasteiger charge is -2.07. The summed E-state index contributed by atoms with van der Waals surface area (Å²) >= 11 is 1.41. The van der Waals surface area contributed by atoms with Crippen LogP contribution in [0.25, 0.3) is 5.82 Å². The molecule has 0 amide bonds. The van der Waals surface area contributed by atoms with Crippen LogP contribution in [0.4, 0.5) is 0 Å². The number of thioether (sulfide) groups is 1. The second-order valence-electron chi connectivity index (χ2n) is 4.44. The molecule has 0 aliphatic heterocycles. The Hall–Kier alpha value is -1.69. The van der Waals surface area contributed by atoms with E-state index in [1.54, 1.807) is 11.6 Å². The highest BCUT2D eigenvalue weighted by Crippen LogP contribution is 2.21. The molecule has 0 spiro atoms. The van der Waals surface area contributed by atoms with Gasteiger partial charge in [-0.05, 0) is 45.9 Å². The Morgan fingerprint density at radius 2 is 2.05 bits per heavy atom. The Morgan fingerprint density at radius 3 is 2.53 bits per heavy atom. The number of Topliss-reactive ketones (excluding diaryl/α,β-unsaturated/α-hetero) is 1. The van der Waals surface area contributed by atoms with Gasteiger partial charge in [-0.1, -0.05) is 11.8 Å². The van der Waals surface area contributed by atoms with Gasteiger partial charge in [0.15, 0.2) is 5.82 Å². The highest BCUT2D eigenvalue weighted by molar-refractivity contribution is 8.00. The topological polar surface area (TPSA) is 60.7 Å². The van der Waals surface area contributed by atoms with E-state index in [1.807, 2.05) is 39.0 Å². The van der Waals surface area contributed by atoms with Crippen molar-refractivity contribution in [1.29, 1.82) is 0 Å². The summed E-state index contributed by atoms with van der Waals surface area (Å²) in [5.41, 5.74) is 1.97. The lowest BCUT2D eigenvalue weighted by atomic mass is 10.3. The number of carbonyl (C=O) groups excluding carboxylic acids is 1. The molecule has 6 heteroatoms. The molecule has 0 aliphatic rings. The van der Waals surface area contributed by atoms with Crippen molar-refractivity contribution in [2.75, 3.05) is 0 Å². The van der Waals surface area contributed by atoms with Gasteiger partial charge >= 0.3 is 0 Å². The van der Waals surface area contributed by atoms with Crippen LogP contribution in [0.1, 0.15) is 25.2 Å². The van der Waals surface area contributed by atoms with Gasteiger partial charge in [0.2, 0.25) is 0 Å². The maximum Gasteiger partial charge on any atom is 0.175 e. The highest BCUT2D eigenvalue weighted by Gasteiger charge is 2.11. The average molecular weight is 276 g/mol. The monoisotopic (exact) mass is 276 g/mol. The molecule has 0 bridgehead atoms. The molecule has 19 heavy (non-hydrogen) atoms. The molecule has 1 atom stereocenters. The van der Waals surface area contributed by atoms with Gasteiger partial charge < -0.3 is 0 Å². The van der Waals surface area contributed by atoms with Gasteiger partial charge in [0.25, 0.3) is 0 Å². The van der Waals surface area contributed by atoms with Gasteiger partial charge in [-0.15, -0.1) is 10.2 Å². The summed E-state index contributed by atoms with van der Waals surface area (Å²) in [5, 5.41) is 13.3. The van der Waals surface area contributed by atoms with Crippen molar-refractivity contribution in [3.05, 3.63) is 29.6 Å². The van der Waals surface area contributed by atoms with E-state index in [2.05, 4.69) is 15.3 Å². The van der Waals surface area contributed by atoms with E-state index in [1.165, 1.54) is 11.8 Å². The van der Waals surface area contributed by atoms with Crippen molar-refractivity contribution in [3.63, 3.8) is 0 Å². The van der Waals surface area contributed by atoms with Gasteiger partial charge in [0.1, 0.15) is 10.8 Å². The maximum absolute atomic E-state index is 11.2. The van der Waals surface area contributed by atoms with Crippen molar-refractivity contribution < 1.29 is 4.79 Å². The van der Waals surface area contributed by atoms with E-state index in [4.69, 9.17) is 0 Å². The number of aromatic nitrogens is 4. The maximum atomic E-state index is 11.2. The molecule has 0 unspecified atom stereocenters. The summed E-state index contributed by atoms with van der Waals surface area (Å²) in [6.45, 7) is 7.36. The number of hydrogen-bond acceptors (Lipinski definition) is 5. The fourth-order valence-corrected chi connectivity index (χ4v) is 2.38. The fourth-order valence-electron chi connectivity index (χ4n) is 1.61. The lowest BCUT2D eigenvalue weighted by molar-refractivity contribution is -0.116. The molecule has 2 rings (SSSR count). The van der Waals surface area contributed by atoms with Gasteiger partial charge in [-0.2, -0.15) is 5.10 Å². The van der Waals surface area contributed by atoms with Crippen LogP contribution in [0.5, 0.6) is 0 Å². The van der Waals surface area contributed by atoms with Gasteiger partial charge in [0, 0.05) is 5.69 Å². The van der Waals surface area contributed by atoms with Gasteiger partial charge in [-0.3, -0.25) is 4.79 Å². The van der Waals surface area contributed by atoms with Crippen LogP contribution in [-0.2, 0) is 4.79 Å². The van der Waals surface area contributed by atoms with Crippen molar-refractivity contribution >= 4 is 17.5 Å². The van der Waals surface area contributed by atoms with Crippen LogP contribution in [0, 0.1) is 13.8 Å². The van der Waals surface area contributed by atoms with E-state index in [0.29, 0.717) is 5.82 Å². The summed E-state index contributed by atoms with van der Waals surface area (Å²) in [7, 11) is 0. The Balaban J connectivity index is 2.19. The first kappa shape index (κ1) is 13.7. The molecule has 2 aromatic heterocycles. The molecule has 0 N–H and O–H groups in total. The third kappa shape index (κ3) is 3.20. The molecule has 0 aliphatic carbocycles. The third-order valence-electron chi connectivity index (χ3n) is 2.72. The Labute approximate surface area is 116 Å². The number of nitrogens with zero attached hydrogens (tertiary/aromatic N) is 4. The standard InChI is InChI=1S/C13H16N4OS/c1-8-7-9(2)17(16-8)12-5-6-13(15-14-12)19-11(4)10(3)18/h5-7,11H,1-4H3/t11-/m1/s1.